The van der Waals surface area contributed by atoms with Crippen LogP contribution >= 0.6 is 11.3 Å². The quantitative estimate of drug-likeness (QED) is 0.626. The maximum Gasteiger partial charge on any atom is 0.303 e. The van der Waals surface area contributed by atoms with Gasteiger partial charge in [0.25, 0.3) is 0 Å². The van der Waals surface area contributed by atoms with Crippen molar-refractivity contribution in [1.82, 2.24) is 9.88 Å². The van der Waals surface area contributed by atoms with E-state index in [-0.39, 0.29) is 23.8 Å². The van der Waals surface area contributed by atoms with Crippen LogP contribution in [0.25, 0.3) is 0 Å². The summed E-state index contributed by atoms with van der Waals surface area (Å²) >= 11 is 1.50. The van der Waals surface area contributed by atoms with Crippen molar-refractivity contribution >= 4 is 23.2 Å². The molecule has 1 aromatic rings. The van der Waals surface area contributed by atoms with Gasteiger partial charge in [0.2, 0.25) is 5.91 Å². The van der Waals surface area contributed by atoms with E-state index in [1.807, 2.05) is 24.3 Å². The molecule has 0 saturated carbocycles. The molecular weight excluding hydrogens is 324 g/mol. The molecule has 136 valence electrons. The van der Waals surface area contributed by atoms with Crippen molar-refractivity contribution in [1.29, 1.82) is 0 Å². The molecule has 0 bridgehead atoms. The summed E-state index contributed by atoms with van der Waals surface area (Å²) in [4.78, 5) is 30.2. The van der Waals surface area contributed by atoms with Crippen LogP contribution in [0.15, 0.2) is 5.38 Å². The summed E-state index contributed by atoms with van der Waals surface area (Å²) in [5.41, 5.74) is 0.917. The van der Waals surface area contributed by atoms with E-state index in [0.29, 0.717) is 12.8 Å². The van der Waals surface area contributed by atoms with Crippen molar-refractivity contribution in [2.45, 2.75) is 72.4 Å². The number of thiazole rings is 1. The molecule has 0 N–H and O–H groups in total. The highest BCUT2D eigenvalue weighted by Gasteiger charge is 2.29. The Balaban J connectivity index is 2.92. The molecule has 5 nitrogen and oxygen atoms in total. The zero-order valence-corrected chi connectivity index (χ0v) is 16.5. The van der Waals surface area contributed by atoms with Gasteiger partial charge < -0.3 is 9.64 Å². The first-order chi connectivity index (χ1) is 11.3. The van der Waals surface area contributed by atoms with Crippen LogP contribution in [-0.4, -0.2) is 34.8 Å². The minimum absolute atomic E-state index is 0.00270. The lowest BCUT2D eigenvalue weighted by Crippen LogP contribution is -2.41. The third-order valence-corrected chi connectivity index (χ3v) is 5.14. The Kier molecular flexibility index (Phi) is 8.39. The predicted octanol–water partition coefficient (Wildman–Crippen LogP) is 4.12. The molecule has 0 fully saturated rings. The average molecular weight is 355 g/mol. The van der Waals surface area contributed by atoms with Crippen LogP contribution in [0.4, 0.5) is 0 Å². The standard InChI is InChI=1S/C18H30N2O3S/c1-7-8-9-17(22)20(6)15(12(2)3)10-16(23-14(5)21)18-19-13(4)11-24-18/h11-12,15-16H,7-10H2,1-6H3. The molecule has 24 heavy (non-hydrogen) atoms. The van der Waals surface area contributed by atoms with Gasteiger partial charge in [0.1, 0.15) is 5.01 Å². The summed E-state index contributed by atoms with van der Waals surface area (Å²) in [6.07, 6.45) is 2.62. The Morgan fingerprint density at radius 1 is 1.38 bits per heavy atom. The summed E-state index contributed by atoms with van der Waals surface area (Å²) in [5, 5.41) is 2.74. The maximum absolute atomic E-state index is 12.4. The zero-order chi connectivity index (χ0) is 18.3. The first kappa shape index (κ1) is 20.6. The molecule has 2 atom stereocenters. The fourth-order valence-corrected chi connectivity index (χ4v) is 3.54. The minimum Gasteiger partial charge on any atom is -0.455 e. The van der Waals surface area contributed by atoms with Crippen molar-refractivity contribution in [2.24, 2.45) is 5.92 Å². The number of amides is 1. The van der Waals surface area contributed by atoms with E-state index < -0.39 is 6.10 Å². The molecule has 1 amide bonds. The van der Waals surface area contributed by atoms with Gasteiger partial charge in [0, 0.05) is 43.9 Å². The molecule has 0 spiro atoms. The van der Waals surface area contributed by atoms with Crippen molar-refractivity contribution in [3.05, 3.63) is 16.1 Å². The minimum atomic E-state index is -0.407. The molecule has 0 aliphatic rings. The van der Waals surface area contributed by atoms with Crippen LogP contribution < -0.4 is 0 Å². The lowest BCUT2D eigenvalue weighted by Gasteiger charge is -2.33. The van der Waals surface area contributed by atoms with Gasteiger partial charge in [-0.2, -0.15) is 0 Å². The smallest absolute Gasteiger partial charge is 0.303 e. The number of aromatic nitrogens is 1. The molecule has 0 saturated heterocycles. The summed E-state index contributed by atoms with van der Waals surface area (Å²) < 4.78 is 5.51. The van der Waals surface area contributed by atoms with Crippen molar-refractivity contribution in [2.75, 3.05) is 7.05 Å². The Hall–Kier alpha value is -1.43. The lowest BCUT2D eigenvalue weighted by atomic mass is 9.96. The van der Waals surface area contributed by atoms with E-state index in [1.54, 1.807) is 0 Å². The van der Waals surface area contributed by atoms with Gasteiger partial charge in [0.05, 0.1) is 0 Å². The van der Waals surface area contributed by atoms with E-state index in [0.717, 1.165) is 23.5 Å². The third-order valence-electron chi connectivity index (χ3n) is 4.08. The van der Waals surface area contributed by atoms with E-state index in [1.165, 1.54) is 18.3 Å². The summed E-state index contributed by atoms with van der Waals surface area (Å²) in [6.45, 7) is 9.59. The number of hydrogen-bond acceptors (Lipinski definition) is 5. The van der Waals surface area contributed by atoms with Gasteiger partial charge in [-0.3, -0.25) is 9.59 Å². The number of unbranched alkanes of at least 4 members (excludes halogenated alkanes) is 1. The number of carbonyl (C=O) groups excluding carboxylic acids is 2. The normalized spacial score (nSPS) is 13.6. The first-order valence-corrected chi connectivity index (χ1v) is 9.49. The number of carbonyl (C=O) groups is 2. The molecule has 0 aliphatic carbocycles. The van der Waals surface area contributed by atoms with Crippen molar-refractivity contribution in [3.63, 3.8) is 0 Å². The SMILES string of the molecule is CCCCC(=O)N(C)C(CC(OC(C)=O)c1nc(C)cs1)C(C)C. The fourth-order valence-electron chi connectivity index (χ4n) is 2.71. The zero-order valence-electron chi connectivity index (χ0n) is 15.7. The monoisotopic (exact) mass is 354 g/mol. The molecule has 1 heterocycles. The average Bonchev–Trinajstić information content (AvgIpc) is 2.94. The van der Waals surface area contributed by atoms with Gasteiger partial charge in [0.15, 0.2) is 6.10 Å². The van der Waals surface area contributed by atoms with Crippen LogP contribution in [-0.2, 0) is 14.3 Å². The molecule has 0 aromatic carbocycles. The third kappa shape index (κ3) is 6.23. The number of hydrogen-bond donors (Lipinski definition) is 0. The van der Waals surface area contributed by atoms with Crippen LogP contribution in [0.5, 0.6) is 0 Å². The number of nitrogens with zero attached hydrogens (tertiary/aromatic N) is 2. The van der Waals surface area contributed by atoms with Crippen molar-refractivity contribution < 1.29 is 14.3 Å². The van der Waals surface area contributed by atoms with Crippen LogP contribution in [0.3, 0.4) is 0 Å². The Bertz CT molecular complexity index is 542. The van der Waals surface area contributed by atoms with Gasteiger partial charge in [-0.25, -0.2) is 4.98 Å². The molecule has 2 unspecified atom stereocenters. The predicted molar refractivity (Wildman–Crippen MR) is 96.9 cm³/mol. The second-order valence-electron chi connectivity index (χ2n) is 6.58. The number of aryl methyl sites for hydroxylation is 1. The van der Waals surface area contributed by atoms with Crippen LogP contribution in [0.1, 0.15) is 70.2 Å². The topological polar surface area (TPSA) is 59.5 Å². The highest BCUT2D eigenvalue weighted by Crippen LogP contribution is 2.30. The number of ether oxygens (including phenoxy) is 1. The second-order valence-corrected chi connectivity index (χ2v) is 7.47. The van der Waals surface area contributed by atoms with E-state index in [2.05, 4.69) is 25.8 Å². The van der Waals surface area contributed by atoms with Gasteiger partial charge in [-0.05, 0) is 19.3 Å². The van der Waals surface area contributed by atoms with E-state index >= 15 is 0 Å². The van der Waals surface area contributed by atoms with E-state index in [9.17, 15) is 9.59 Å². The Labute approximate surface area is 149 Å². The van der Waals surface area contributed by atoms with Gasteiger partial charge >= 0.3 is 5.97 Å². The summed E-state index contributed by atoms with van der Waals surface area (Å²) in [5.74, 6) is 0.0856. The van der Waals surface area contributed by atoms with Gasteiger partial charge in [-0.1, -0.05) is 27.2 Å². The van der Waals surface area contributed by atoms with Crippen LogP contribution in [0.2, 0.25) is 0 Å². The Morgan fingerprint density at radius 2 is 2.04 bits per heavy atom. The van der Waals surface area contributed by atoms with Crippen LogP contribution in [0, 0.1) is 12.8 Å². The summed E-state index contributed by atoms with van der Waals surface area (Å²) in [7, 11) is 1.85. The lowest BCUT2D eigenvalue weighted by molar-refractivity contribution is -0.148. The van der Waals surface area contributed by atoms with Gasteiger partial charge in [-0.15, -0.1) is 11.3 Å². The molecular formula is C18H30N2O3S. The Morgan fingerprint density at radius 3 is 2.50 bits per heavy atom. The molecule has 0 radical (unpaired) electrons. The number of esters is 1. The molecule has 6 heteroatoms. The highest BCUT2D eigenvalue weighted by atomic mass is 32.1. The molecule has 0 aliphatic heterocycles. The second kappa shape index (κ2) is 9.77. The fraction of sp³-hybridized carbons (Fsp3) is 0.722. The first-order valence-electron chi connectivity index (χ1n) is 8.61. The molecule has 1 rings (SSSR count). The maximum atomic E-state index is 12.4. The molecule has 1 aromatic heterocycles. The van der Waals surface area contributed by atoms with E-state index in [4.69, 9.17) is 4.74 Å². The highest BCUT2D eigenvalue weighted by molar-refractivity contribution is 7.09. The van der Waals surface area contributed by atoms with Crippen molar-refractivity contribution in [3.8, 4) is 0 Å². The number of rotatable bonds is 9. The largest absolute Gasteiger partial charge is 0.455 e. The summed E-state index contributed by atoms with van der Waals surface area (Å²) in [6, 6.07) is 0.00270.